The lowest BCUT2D eigenvalue weighted by Gasteiger charge is -2.10. The second-order valence-electron chi connectivity index (χ2n) is 7.90. The van der Waals surface area contributed by atoms with E-state index in [-0.39, 0.29) is 11.7 Å². The van der Waals surface area contributed by atoms with E-state index in [0.717, 1.165) is 17.4 Å². The molecule has 0 spiro atoms. The first-order chi connectivity index (χ1) is 16.9. The van der Waals surface area contributed by atoms with E-state index in [0.29, 0.717) is 47.8 Å². The first-order valence-electron chi connectivity index (χ1n) is 11.0. The van der Waals surface area contributed by atoms with Crippen molar-refractivity contribution in [2.75, 3.05) is 11.9 Å². The van der Waals surface area contributed by atoms with E-state index < -0.39 is 18.2 Å². The van der Waals surface area contributed by atoms with Gasteiger partial charge in [0.05, 0.1) is 5.52 Å². The Morgan fingerprint density at radius 1 is 1.09 bits per heavy atom. The summed E-state index contributed by atoms with van der Waals surface area (Å²) in [5, 5.41) is 8.88. The summed E-state index contributed by atoms with van der Waals surface area (Å²) in [6.45, 7) is 0.354. The monoisotopic (exact) mass is 480 g/mol. The minimum Gasteiger partial charge on any atom is -0.457 e. The number of primary amides is 1. The number of pyridine rings is 1. The lowest BCUT2D eigenvalue weighted by molar-refractivity contribution is -0.121. The molecule has 3 aromatic rings. The molecule has 1 fully saturated rings. The van der Waals surface area contributed by atoms with Gasteiger partial charge in [0.2, 0.25) is 5.91 Å². The number of hydrogen-bond donors (Lipinski definition) is 4. The number of nitrogens with two attached hydrogens (primary N) is 1. The SMILES string of the molecule is NC(=O)OC(=O)n1ccc2cc(Oc3ccnc(NC(=O)NCCCC(=O)NC4CC4)c3)ccc21. The molecule has 12 nitrogen and oxygen atoms in total. The van der Waals surface area contributed by atoms with Crippen molar-refractivity contribution in [3.8, 4) is 11.5 Å². The van der Waals surface area contributed by atoms with Gasteiger partial charge in [-0.15, -0.1) is 0 Å². The number of ether oxygens (including phenoxy) is 2. The van der Waals surface area contributed by atoms with Gasteiger partial charge in [0, 0.05) is 42.9 Å². The Labute approximate surface area is 199 Å². The molecule has 0 bridgehead atoms. The van der Waals surface area contributed by atoms with Crippen LogP contribution in [0.15, 0.2) is 48.8 Å². The zero-order valence-corrected chi connectivity index (χ0v) is 18.7. The number of carbonyl (C=O) groups is 4. The molecule has 1 saturated carbocycles. The number of rotatable bonds is 8. The lowest BCUT2D eigenvalue weighted by Crippen LogP contribution is -2.31. The van der Waals surface area contributed by atoms with Gasteiger partial charge >= 0.3 is 18.2 Å². The molecule has 1 aromatic carbocycles. The number of fused-ring (bicyclic) bond motifs is 1. The smallest absolute Gasteiger partial charge is 0.427 e. The second kappa shape index (κ2) is 10.5. The number of carbonyl (C=O) groups excluding carboxylic acids is 4. The highest BCUT2D eigenvalue weighted by atomic mass is 16.6. The Morgan fingerprint density at radius 3 is 2.66 bits per heavy atom. The molecular formula is C23H24N6O6. The molecule has 5 N–H and O–H groups in total. The molecule has 1 aliphatic rings. The van der Waals surface area contributed by atoms with Gasteiger partial charge in [-0.2, -0.15) is 0 Å². The van der Waals surface area contributed by atoms with Crippen LogP contribution >= 0.6 is 0 Å². The number of urea groups is 1. The van der Waals surface area contributed by atoms with E-state index in [2.05, 4.69) is 25.7 Å². The highest BCUT2D eigenvalue weighted by Gasteiger charge is 2.22. The van der Waals surface area contributed by atoms with E-state index in [4.69, 9.17) is 10.5 Å². The molecule has 182 valence electrons. The average molecular weight is 480 g/mol. The summed E-state index contributed by atoms with van der Waals surface area (Å²) in [4.78, 5) is 50.6. The Morgan fingerprint density at radius 2 is 1.89 bits per heavy atom. The normalized spacial score (nSPS) is 12.6. The first kappa shape index (κ1) is 23.5. The average Bonchev–Trinajstić information content (AvgIpc) is 3.51. The molecule has 0 unspecified atom stereocenters. The Kier molecular flexibility index (Phi) is 7.10. The number of benzene rings is 1. The van der Waals surface area contributed by atoms with Crippen LogP contribution in [0.25, 0.3) is 10.9 Å². The number of hydrogen-bond acceptors (Lipinski definition) is 7. The molecule has 35 heavy (non-hydrogen) atoms. The van der Waals surface area contributed by atoms with Gasteiger partial charge in [0.25, 0.3) is 0 Å². The van der Waals surface area contributed by atoms with E-state index >= 15 is 0 Å². The molecule has 0 saturated heterocycles. The molecule has 4 rings (SSSR count). The summed E-state index contributed by atoms with van der Waals surface area (Å²) in [7, 11) is 0. The third kappa shape index (κ3) is 6.69. The van der Waals surface area contributed by atoms with Crippen LogP contribution in [0, 0.1) is 0 Å². The van der Waals surface area contributed by atoms with Crippen LogP contribution in [-0.2, 0) is 9.53 Å². The van der Waals surface area contributed by atoms with Gasteiger partial charge in [-0.25, -0.2) is 19.4 Å². The lowest BCUT2D eigenvalue weighted by atomic mass is 10.2. The molecule has 0 atom stereocenters. The van der Waals surface area contributed by atoms with E-state index in [1.165, 1.54) is 12.4 Å². The fraction of sp³-hybridized carbons (Fsp3) is 0.261. The van der Waals surface area contributed by atoms with E-state index in [9.17, 15) is 19.2 Å². The van der Waals surface area contributed by atoms with Gasteiger partial charge in [-0.3, -0.25) is 14.7 Å². The Balaban J connectivity index is 1.29. The zero-order valence-electron chi connectivity index (χ0n) is 18.7. The summed E-state index contributed by atoms with van der Waals surface area (Å²) >= 11 is 0. The largest absolute Gasteiger partial charge is 0.457 e. The van der Waals surface area contributed by atoms with Crippen LogP contribution in [-0.4, -0.2) is 46.3 Å². The van der Waals surface area contributed by atoms with Gasteiger partial charge in [0.15, 0.2) is 0 Å². The predicted molar refractivity (Wildman–Crippen MR) is 125 cm³/mol. The summed E-state index contributed by atoms with van der Waals surface area (Å²) < 4.78 is 11.4. The maximum Gasteiger partial charge on any atom is 0.427 e. The summed E-state index contributed by atoms with van der Waals surface area (Å²) in [5.74, 6) is 1.19. The Hall–Kier alpha value is -4.61. The van der Waals surface area contributed by atoms with Crippen molar-refractivity contribution in [2.24, 2.45) is 5.73 Å². The highest BCUT2D eigenvalue weighted by Crippen LogP contribution is 2.27. The summed E-state index contributed by atoms with van der Waals surface area (Å²) in [5.41, 5.74) is 5.39. The quantitative estimate of drug-likeness (QED) is 0.284. The van der Waals surface area contributed by atoms with Crippen molar-refractivity contribution in [3.05, 3.63) is 48.8 Å². The number of anilines is 1. The van der Waals surface area contributed by atoms with Crippen LogP contribution in [0.2, 0.25) is 0 Å². The number of nitrogens with zero attached hydrogens (tertiary/aromatic N) is 2. The van der Waals surface area contributed by atoms with Gasteiger partial charge in [0.1, 0.15) is 17.3 Å². The van der Waals surface area contributed by atoms with Crippen molar-refractivity contribution >= 4 is 40.8 Å². The minimum atomic E-state index is -1.19. The Bertz CT molecular complexity index is 1270. The third-order valence-electron chi connectivity index (χ3n) is 5.06. The molecule has 4 amide bonds. The molecule has 2 aromatic heterocycles. The fourth-order valence-corrected chi connectivity index (χ4v) is 3.30. The molecule has 12 heteroatoms. The number of nitrogens with one attached hydrogen (secondary N) is 3. The number of aromatic nitrogens is 2. The second-order valence-corrected chi connectivity index (χ2v) is 7.90. The van der Waals surface area contributed by atoms with Crippen molar-refractivity contribution in [2.45, 2.75) is 31.7 Å². The van der Waals surface area contributed by atoms with Crippen LogP contribution < -0.4 is 26.4 Å². The molecule has 1 aliphatic carbocycles. The van der Waals surface area contributed by atoms with Crippen molar-refractivity contribution < 1.29 is 28.7 Å². The van der Waals surface area contributed by atoms with Crippen LogP contribution in [0.4, 0.5) is 20.2 Å². The standard InChI is InChI=1S/C23H24N6O6/c24-21(31)35-23(33)29-11-8-14-12-16(5-6-18(14)29)34-17-7-10-25-19(13-17)28-22(32)26-9-1-2-20(30)27-15-3-4-15/h5-8,10-13,15H,1-4,9H2,(H2,24,31)(H,27,30)(H2,25,26,28,32). The van der Waals surface area contributed by atoms with Crippen molar-refractivity contribution in [1.82, 2.24) is 20.2 Å². The van der Waals surface area contributed by atoms with E-state index in [1.54, 1.807) is 36.4 Å². The van der Waals surface area contributed by atoms with Crippen LogP contribution in [0.3, 0.4) is 0 Å². The molecular weight excluding hydrogens is 456 g/mol. The van der Waals surface area contributed by atoms with Crippen LogP contribution in [0.5, 0.6) is 11.5 Å². The van der Waals surface area contributed by atoms with E-state index in [1.807, 2.05) is 0 Å². The van der Waals surface area contributed by atoms with Crippen LogP contribution in [0.1, 0.15) is 25.7 Å². The predicted octanol–water partition coefficient (Wildman–Crippen LogP) is 3.07. The fourth-order valence-electron chi connectivity index (χ4n) is 3.30. The zero-order chi connectivity index (χ0) is 24.8. The maximum atomic E-state index is 12.1. The first-order valence-corrected chi connectivity index (χ1v) is 11.0. The summed E-state index contributed by atoms with van der Waals surface area (Å²) in [6, 6.07) is 9.69. The van der Waals surface area contributed by atoms with Crippen molar-refractivity contribution in [1.29, 1.82) is 0 Å². The topological polar surface area (TPSA) is 167 Å². The van der Waals surface area contributed by atoms with Gasteiger partial charge in [-0.1, -0.05) is 0 Å². The third-order valence-corrected chi connectivity index (χ3v) is 5.06. The minimum absolute atomic E-state index is 0.00146. The van der Waals surface area contributed by atoms with Gasteiger partial charge < -0.3 is 25.8 Å². The maximum absolute atomic E-state index is 12.1. The van der Waals surface area contributed by atoms with Crippen molar-refractivity contribution in [3.63, 3.8) is 0 Å². The highest BCUT2D eigenvalue weighted by molar-refractivity contribution is 5.93. The van der Waals surface area contributed by atoms with Gasteiger partial charge in [-0.05, 0) is 49.6 Å². The number of amides is 4. The summed E-state index contributed by atoms with van der Waals surface area (Å²) in [6.07, 6.45) is 3.81. The molecule has 0 radical (unpaired) electrons. The molecule has 0 aliphatic heterocycles. The molecule has 2 heterocycles.